The van der Waals surface area contributed by atoms with Crippen molar-refractivity contribution >= 4 is 5.82 Å². The topological polar surface area (TPSA) is 93.6 Å². The zero-order valence-electron chi connectivity index (χ0n) is 6.40. The third-order valence-electron chi connectivity index (χ3n) is 1.43. The summed E-state index contributed by atoms with van der Waals surface area (Å²) >= 11 is 0. The Hall–Kier alpha value is -1.85. The van der Waals surface area contributed by atoms with Crippen molar-refractivity contribution in [1.82, 2.24) is 20.3 Å². The molecule has 0 saturated heterocycles. The minimum absolute atomic E-state index is 0.388. The summed E-state index contributed by atoms with van der Waals surface area (Å²) in [5.74, 6) is 1.39. The Morgan fingerprint density at radius 2 is 2.42 bits per heavy atom. The molecule has 12 heavy (non-hydrogen) atoms. The molecule has 0 amide bonds. The van der Waals surface area contributed by atoms with Gasteiger partial charge in [-0.15, -0.1) is 0 Å². The Labute approximate surface area is 67.8 Å². The van der Waals surface area contributed by atoms with Crippen molar-refractivity contribution in [2.24, 2.45) is 0 Å². The summed E-state index contributed by atoms with van der Waals surface area (Å²) in [4.78, 5) is 4.00. The standard InChI is InChI=1S/C6H7N5O/c1-3-9-6(12-11-3)4-2-8-10-5(4)7/h2H,1H3,(H3,7,8,10). The quantitative estimate of drug-likeness (QED) is 0.635. The molecule has 0 aliphatic carbocycles. The third kappa shape index (κ3) is 0.931. The molecule has 6 heteroatoms. The predicted molar refractivity (Wildman–Crippen MR) is 41.0 cm³/mol. The van der Waals surface area contributed by atoms with Crippen LogP contribution in [0, 0.1) is 6.92 Å². The third-order valence-corrected chi connectivity index (χ3v) is 1.43. The van der Waals surface area contributed by atoms with Crippen LogP contribution in [0.15, 0.2) is 10.7 Å². The number of aromatic amines is 1. The lowest BCUT2D eigenvalue weighted by Crippen LogP contribution is -1.87. The molecule has 0 radical (unpaired) electrons. The van der Waals surface area contributed by atoms with E-state index in [4.69, 9.17) is 10.3 Å². The number of nitrogens with two attached hydrogens (primary N) is 1. The van der Waals surface area contributed by atoms with Crippen LogP contribution in [-0.4, -0.2) is 20.3 Å². The van der Waals surface area contributed by atoms with Crippen LogP contribution in [0.2, 0.25) is 0 Å². The SMILES string of the molecule is Cc1noc(-c2cn[nH]c2N)n1. The maximum absolute atomic E-state index is 5.54. The highest BCUT2D eigenvalue weighted by Gasteiger charge is 2.10. The Balaban J connectivity index is 2.50. The van der Waals surface area contributed by atoms with Crippen LogP contribution in [-0.2, 0) is 0 Å². The molecule has 3 N–H and O–H groups in total. The number of nitrogen functional groups attached to an aromatic ring is 1. The van der Waals surface area contributed by atoms with Gasteiger partial charge in [-0.25, -0.2) is 0 Å². The second-order valence-corrected chi connectivity index (χ2v) is 2.34. The normalized spacial score (nSPS) is 10.4. The maximum atomic E-state index is 5.54. The van der Waals surface area contributed by atoms with Gasteiger partial charge < -0.3 is 10.3 Å². The molecule has 0 fully saturated rings. The van der Waals surface area contributed by atoms with Gasteiger partial charge in [0.15, 0.2) is 5.82 Å². The van der Waals surface area contributed by atoms with Gasteiger partial charge in [-0.05, 0) is 6.92 Å². The van der Waals surface area contributed by atoms with Gasteiger partial charge in [0.2, 0.25) is 0 Å². The highest BCUT2D eigenvalue weighted by molar-refractivity contribution is 5.65. The van der Waals surface area contributed by atoms with Crippen molar-refractivity contribution in [3.63, 3.8) is 0 Å². The molecule has 2 rings (SSSR count). The first-order chi connectivity index (χ1) is 5.77. The smallest absolute Gasteiger partial charge is 0.263 e. The molecule has 0 aromatic carbocycles. The van der Waals surface area contributed by atoms with Crippen LogP contribution in [0.3, 0.4) is 0 Å². The Morgan fingerprint density at radius 3 is 2.92 bits per heavy atom. The number of hydrogen-bond acceptors (Lipinski definition) is 5. The summed E-state index contributed by atoms with van der Waals surface area (Å²) in [6.07, 6.45) is 1.54. The summed E-state index contributed by atoms with van der Waals surface area (Å²) in [7, 11) is 0. The molecule has 0 aliphatic heterocycles. The van der Waals surface area contributed by atoms with E-state index in [2.05, 4.69) is 20.3 Å². The number of rotatable bonds is 1. The first kappa shape index (κ1) is 6.84. The van der Waals surface area contributed by atoms with Crippen molar-refractivity contribution in [3.8, 4) is 11.5 Å². The van der Waals surface area contributed by atoms with E-state index >= 15 is 0 Å². The molecule has 0 spiro atoms. The lowest BCUT2D eigenvalue weighted by molar-refractivity contribution is 0.426. The van der Waals surface area contributed by atoms with Crippen LogP contribution in [0.25, 0.3) is 11.5 Å². The molecular formula is C6H7N5O. The number of H-pyrrole nitrogens is 1. The molecule has 0 bridgehead atoms. The number of aryl methyl sites for hydroxylation is 1. The molecule has 0 aliphatic rings. The number of nitrogens with zero attached hydrogens (tertiary/aromatic N) is 3. The summed E-state index contributed by atoms with van der Waals surface area (Å²) in [5, 5.41) is 9.94. The van der Waals surface area contributed by atoms with E-state index in [1.54, 1.807) is 13.1 Å². The van der Waals surface area contributed by atoms with Crippen LogP contribution in [0.1, 0.15) is 5.82 Å². The zero-order chi connectivity index (χ0) is 8.55. The fourth-order valence-electron chi connectivity index (χ4n) is 0.873. The molecule has 2 aromatic rings. The van der Waals surface area contributed by atoms with Crippen LogP contribution in [0.4, 0.5) is 5.82 Å². The number of hydrogen-bond donors (Lipinski definition) is 2. The first-order valence-corrected chi connectivity index (χ1v) is 3.37. The van der Waals surface area contributed by atoms with Crippen molar-refractivity contribution < 1.29 is 4.52 Å². The van der Waals surface area contributed by atoms with Crippen LogP contribution in [0.5, 0.6) is 0 Å². The van der Waals surface area contributed by atoms with E-state index in [1.807, 2.05) is 0 Å². The molecule has 0 atom stereocenters. The number of aromatic nitrogens is 4. The Morgan fingerprint density at radius 1 is 1.58 bits per heavy atom. The van der Waals surface area contributed by atoms with Gasteiger partial charge >= 0.3 is 0 Å². The molecule has 2 heterocycles. The highest BCUT2D eigenvalue weighted by atomic mass is 16.5. The lowest BCUT2D eigenvalue weighted by Gasteiger charge is -1.87. The predicted octanol–water partition coefficient (Wildman–Crippen LogP) is 0.350. The monoisotopic (exact) mass is 165 g/mol. The number of anilines is 1. The lowest BCUT2D eigenvalue weighted by atomic mass is 10.3. The van der Waals surface area contributed by atoms with E-state index in [0.29, 0.717) is 23.1 Å². The van der Waals surface area contributed by atoms with Crippen molar-refractivity contribution in [2.75, 3.05) is 5.73 Å². The van der Waals surface area contributed by atoms with Gasteiger partial charge in [0.05, 0.1) is 6.20 Å². The molecular weight excluding hydrogens is 158 g/mol. The second kappa shape index (κ2) is 2.33. The highest BCUT2D eigenvalue weighted by Crippen LogP contribution is 2.20. The maximum Gasteiger partial charge on any atom is 0.263 e. The fraction of sp³-hybridized carbons (Fsp3) is 0.167. The number of nitrogens with one attached hydrogen (secondary N) is 1. The van der Waals surface area contributed by atoms with Crippen molar-refractivity contribution in [3.05, 3.63) is 12.0 Å². The van der Waals surface area contributed by atoms with E-state index in [0.717, 1.165) is 0 Å². The summed E-state index contributed by atoms with van der Waals surface area (Å²) < 4.78 is 4.89. The molecule has 0 unspecified atom stereocenters. The van der Waals surface area contributed by atoms with Gasteiger partial charge in [-0.3, -0.25) is 5.10 Å². The van der Waals surface area contributed by atoms with Crippen molar-refractivity contribution in [1.29, 1.82) is 0 Å². The molecule has 6 nitrogen and oxygen atoms in total. The Bertz CT molecular complexity index is 390. The van der Waals surface area contributed by atoms with E-state index in [-0.39, 0.29) is 0 Å². The van der Waals surface area contributed by atoms with Gasteiger partial charge in [0.25, 0.3) is 5.89 Å². The minimum Gasteiger partial charge on any atom is -0.383 e. The van der Waals surface area contributed by atoms with Gasteiger partial charge in [-0.1, -0.05) is 5.16 Å². The zero-order valence-corrected chi connectivity index (χ0v) is 6.40. The molecule has 2 aromatic heterocycles. The second-order valence-electron chi connectivity index (χ2n) is 2.34. The van der Waals surface area contributed by atoms with Gasteiger partial charge in [0, 0.05) is 0 Å². The van der Waals surface area contributed by atoms with Crippen molar-refractivity contribution in [2.45, 2.75) is 6.92 Å². The summed E-state index contributed by atoms with van der Waals surface area (Å²) in [5.41, 5.74) is 6.17. The van der Waals surface area contributed by atoms with E-state index in [9.17, 15) is 0 Å². The Kier molecular flexibility index (Phi) is 1.33. The first-order valence-electron chi connectivity index (χ1n) is 3.37. The summed E-state index contributed by atoms with van der Waals surface area (Å²) in [6.45, 7) is 1.74. The van der Waals surface area contributed by atoms with E-state index in [1.165, 1.54) is 0 Å². The van der Waals surface area contributed by atoms with Gasteiger partial charge in [0.1, 0.15) is 11.4 Å². The minimum atomic E-state index is 0.388. The van der Waals surface area contributed by atoms with Crippen LogP contribution < -0.4 is 5.73 Å². The molecule has 62 valence electrons. The average Bonchev–Trinajstić information content (AvgIpc) is 2.58. The van der Waals surface area contributed by atoms with Crippen LogP contribution >= 0.6 is 0 Å². The molecule has 0 saturated carbocycles. The summed E-state index contributed by atoms with van der Waals surface area (Å²) in [6, 6.07) is 0. The van der Waals surface area contributed by atoms with E-state index < -0.39 is 0 Å². The largest absolute Gasteiger partial charge is 0.383 e. The average molecular weight is 165 g/mol. The van der Waals surface area contributed by atoms with Gasteiger partial charge in [-0.2, -0.15) is 10.1 Å². The fourth-order valence-corrected chi connectivity index (χ4v) is 0.873.